The zero-order chi connectivity index (χ0) is 16.4. The number of amides is 1. The van der Waals surface area contributed by atoms with E-state index in [-0.39, 0.29) is 5.56 Å². The van der Waals surface area contributed by atoms with Crippen LogP contribution in [0.1, 0.15) is 37.9 Å². The molecule has 0 fully saturated rings. The predicted molar refractivity (Wildman–Crippen MR) is 75.5 cm³/mol. The van der Waals surface area contributed by atoms with Gasteiger partial charge in [-0.15, -0.1) is 0 Å². The molecule has 5 nitrogen and oxygen atoms in total. The first-order chi connectivity index (χ1) is 9.53. The van der Waals surface area contributed by atoms with Crippen LogP contribution in [0, 0.1) is 12.7 Å². The smallest absolute Gasteiger partial charge is 0.411 e. The maximum absolute atomic E-state index is 13.4. The lowest BCUT2D eigenvalue weighted by molar-refractivity contribution is -0.143. The Balaban J connectivity index is 3.15. The number of aryl methyl sites for hydroxylation is 1. The summed E-state index contributed by atoms with van der Waals surface area (Å²) < 4.78 is 18.5. The fraction of sp³-hybridized carbons (Fsp3) is 0.467. The topological polar surface area (TPSA) is 66.8 Å². The van der Waals surface area contributed by atoms with Gasteiger partial charge in [-0.2, -0.15) is 0 Å². The Hall–Kier alpha value is -2.11. The highest BCUT2D eigenvalue weighted by atomic mass is 19.1. The number of likely N-dealkylation sites (N-methyl/N-ethyl adjacent to an activating group) is 1. The van der Waals surface area contributed by atoms with Crippen LogP contribution in [0.3, 0.4) is 0 Å². The second-order valence-corrected chi connectivity index (χ2v) is 5.83. The van der Waals surface area contributed by atoms with Gasteiger partial charge in [0.05, 0.1) is 0 Å². The molecule has 0 heterocycles. The molecule has 116 valence electrons. The van der Waals surface area contributed by atoms with Crippen molar-refractivity contribution in [1.82, 2.24) is 4.90 Å². The molecule has 0 spiro atoms. The minimum Gasteiger partial charge on any atom is -0.479 e. The van der Waals surface area contributed by atoms with E-state index in [1.54, 1.807) is 27.7 Å². The van der Waals surface area contributed by atoms with Crippen molar-refractivity contribution in [3.05, 3.63) is 35.1 Å². The van der Waals surface area contributed by atoms with E-state index in [1.165, 1.54) is 19.2 Å². The van der Waals surface area contributed by atoms with Gasteiger partial charge in [-0.25, -0.2) is 14.0 Å². The Bertz CT molecular complexity index is 551. The molecule has 0 saturated heterocycles. The summed E-state index contributed by atoms with van der Waals surface area (Å²) in [6, 6.07) is 2.53. The largest absolute Gasteiger partial charge is 0.479 e. The van der Waals surface area contributed by atoms with Gasteiger partial charge >= 0.3 is 12.1 Å². The number of hydrogen-bond donors (Lipinski definition) is 1. The Morgan fingerprint density at radius 3 is 2.38 bits per heavy atom. The molecular formula is C15H20FNO4. The Labute approximate surface area is 123 Å². The third-order valence-electron chi connectivity index (χ3n) is 2.84. The van der Waals surface area contributed by atoms with Crippen LogP contribution >= 0.6 is 0 Å². The van der Waals surface area contributed by atoms with Crippen LogP contribution in [-0.4, -0.2) is 34.7 Å². The number of aliphatic carboxylic acids is 1. The van der Waals surface area contributed by atoms with Crippen molar-refractivity contribution in [2.45, 2.75) is 39.3 Å². The number of nitrogens with zero attached hydrogens (tertiary/aromatic N) is 1. The molecule has 0 aromatic heterocycles. The molecule has 6 heteroatoms. The van der Waals surface area contributed by atoms with Gasteiger partial charge in [-0.3, -0.25) is 4.90 Å². The summed E-state index contributed by atoms with van der Waals surface area (Å²) in [4.78, 5) is 24.5. The molecule has 0 aliphatic carbocycles. The summed E-state index contributed by atoms with van der Waals surface area (Å²) in [7, 11) is 1.32. The molecule has 1 aromatic rings. The lowest BCUT2D eigenvalue weighted by atomic mass is 10.0. The zero-order valence-electron chi connectivity index (χ0n) is 12.8. The highest BCUT2D eigenvalue weighted by Gasteiger charge is 2.32. The molecule has 1 N–H and O–H groups in total. The maximum atomic E-state index is 13.4. The summed E-state index contributed by atoms with van der Waals surface area (Å²) in [6.45, 7) is 6.71. The van der Waals surface area contributed by atoms with E-state index in [0.29, 0.717) is 5.56 Å². The normalized spacial score (nSPS) is 12.7. The molecule has 21 heavy (non-hydrogen) atoms. The average Bonchev–Trinajstić information content (AvgIpc) is 2.31. The van der Waals surface area contributed by atoms with E-state index in [1.807, 2.05) is 0 Å². The molecule has 0 saturated carbocycles. The van der Waals surface area contributed by atoms with Crippen LogP contribution in [0.25, 0.3) is 0 Å². The van der Waals surface area contributed by atoms with Crippen LogP contribution in [0.2, 0.25) is 0 Å². The van der Waals surface area contributed by atoms with Gasteiger partial charge < -0.3 is 9.84 Å². The maximum Gasteiger partial charge on any atom is 0.411 e. The van der Waals surface area contributed by atoms with Crippen molar-refractivity contribution >= 4 is 12.1 Å². The van der Waals surface area contributed by atoms with Crippen molar-refractivity contribution in [2.75, 3.05) is 7.05 Å². The van der Waals surface area contributed by atoms with Gasteiger partial charge in [-0.1, -0.05) is 6.07 Å². The van der Waals surface area contributed by atoms with Crippen LogP contribution < -0.4 is 0 Å². The number of carboxylic acid groups (broad SMARTS) is 1. The average molecular weight is 297 g/mol. The van der Waals surface area contributed by atoms with Crippen LogP contribution in [-0.2, 0) is 9.53 Å². The first-order valence-electron chi connectivity index (χ1n) is 6.47. The van der Waals surface area contributed by atoms with Crippen molar-refractivity contribution < 1.29 is 23.8 Å². The summed E-state index contributed by atoms with van der Waals surface area (Å²) in [5, 5.41) is 9.39. The van der Waals surface area contributed by atoms with Gasteiger partial charge in [0.15, 0.2) is 6.04 Å². The molecule has 0 radical (unpaired) electrons. The van der Waals surface area contributed by atoms with E-state index in [2.05, 4.69) is 0 Å². The molecule has 1 amide bonds. The third kappa shape index (κ3) is 4.44. The van der Waals surface area contributed by atoms with Crippen molar-refractivity contribution in [2.24, 2.45) is 0 Å². The van der Waals surface area contributed by atoms with Gasteiger partial charge in [0.2, 0.25) is 0 Å². The van der Waals surface area contributed by atoms with Crippen molar-refractivity contribution in [1.29, 1.82) is 0 Å². The number of benzene rings is 1. The van der Waals surface area contributed by atoms with Crippen LogP contribution in [0.4, 0.5) is 9.18 Å². The fourth-order valence-corrected chi connectivity index (χ4v) is 1.85. The molecule has 1 rings (SSSR count). The Kier molecular flexibility index (Phi) is 4.93. The fourth-order valence-electron chi connectivity index (χ4n) is 1.85. The van der Waals surface area contributed by atoms with E-state index in [4.69, 9.17) is 4.74 Å². The van der Waals surface area contributed by atoms with Crippen LogP contribution in [0.15, 0.2) is 18.2 Å². The number of ether oxygens (including phenoxy) is 1. The molecule has 1 atom stereocenters. The lowest BCUT2D eigenvalue weighted by Gasteiger charge is -2.29. The highest BCUT2D eigenvalue weighted by molar-refractivity contribution is 5.81. The summed E-state index contributed by atoms with van der Waals surface area (Å²) >= 11 is 0. The second kappa shape index (κ2) is 6.11. The molecular weight excluding hydrogens is 277 g/mol. The number of carbonyl (C=O) groups is 2. The van der Waals surface area contributed by atoms with Gasteiger partial charge in [0.1, 0.15) is 11.4 Å². The van der Waals surface area contributed by atoms with Gasteiger partial charge in [0.25, 0.3) is 0 Å². The second-order valence-electron chi connectivity index (χ2n) is 5.83. The third-order valence-corrected chi connectivity index (χ3v) is 2.84. The monoisotopic (exact) mass is 297 g/mol. The Morgan fingerprint density at radius 2 is 1.90 bits per heavy atom. The highest BCUT2D eigenvalue weighted by Crippen LogP contribution is 2.25. The first-order valence-corrected chi connectivity index (χ1v) is 6.47. The number of hydrogen-bond acceptors (Lipinski definition) is 3. The SMILES string of the molecule is Cc1ccc(F)cc1C(C(=O)O)N(C)C(=O)OC(C)(C)C. The lowest BCUT2D eigenvalue weighted by Crippen LogP contribution is -2.40. The van der Waals surface area contributed by atoms with E-state index >= 15 is 0 Å². The van der Waals surface area contributed by atoms with Gasteiger partial charge in [-0.05, 0) is 51.0 Å². The first kappa shape index (κ1) is 16.9. The van der Waals surface area contributed by atoms with E-state index in [9.17, 15) is 19.1 Å². The number of rotatable bonds is 3. The summed E-state index contributed by atoms with van der Waals surface area (Å²) in [6.07, 6.45) is -0.779. The molecule has 0 bridgehead atoms. The quantitative estimate of drug-likeness (QED) is 0.930. The standard InChI is InChI=1S/C15H20FNO4/c1-9-6-7-10(16)8-11(9)12(13(18)19)17(5)14(20)21-15(2,3)4/h6-8,12H,1-5H3,(H,18,19). The van der Waals surface area contributed by atoms with E-state index < -0.39 is 29.5 Å². The van der Waals surface area contributed by atoms with E-state index in [0.717, 1.165) is 11.0 Å². The predicted octanol–water partition coefficient (Wildman–Crippen LogP) is 3.13. The van der Waals surface area contributed by atoms with Crippen LogP contribution in [0.5, 0.6) is 0 Å². The summed E-state index contributed by atoms with van der Waals surface area (Å²) in [5.41, 5.74) is 0.0563. The molecule has 0 aliphatic heterocycles. The summed E-state index contributed by atoms with van der Waals surface area (Å²) in [5.74, 6) is -1.81. The molecule has 0 aliphatic rings. The minimum atomic E-state index is -1.31. The zero-order valence-corrected chi connectivity index (χ0v) is 12.8. The van der Waals surface area contributed by atoms with Crippen molar-refractivity contribution in [3.8, 4) is 0 Å². The van der Waals surface area contributed by atoms with Gasteiger partial charge in [0, 0.05) is 7.05 Å². The molecule has 1 aromatic carbocycles. The number of carboxylic acids is 1. The molecule has 1 unspecified atom stereocenters. The Morgan fingerprint density at radius 1 is 1.33 bits per heavy atom. The number of halogens is 1. The minimum absolute atomic E-state index is 0.218. The van der Waals surface area contributed by atoms with Crippen molar-refractivity contribution in [3.63, 3.8) is 0 Å². The number of carbonyl (C=O) groups excluding carboxylic acids is 1.